The molecule has 1 heterocycles. The van der Waals surface area contributed by atoms with Crippen molar-refractivity contribution >= 4 is 10.0 Å². The van der Waals surface area contributed by atoms with Crippen molar-refractivity contribution in [1.29, 1.82) is 0 Å². The molecule has 0 aliphatic heterocycles. The van der Waals surface area contributed by atoms with Crippen molar-refractivity contribution in [1.82, 2.24) is 14.7 Å². The fourth-order valence-electron chi connectivity index (χ4n) is 1.29. The number of sulfonamides is 1. The fourth-order valence-corrected chi connectivity index (χ4v) is 2.55. The molecule has 1 aromatic heterocycles. The maximum atomic E-state index is 11.6. The molecule has 0 aliphatic rings. The molecule has 0 fully saturated rings. The van der Waals surface area contributed by atoms with Gasteiger partial charge >= 0.3 is 0 Å². The maximum Gasteiger partial charge on any atom is 0.266 e. The summed E-state index contributed by atoms with van der Waals surface area (Å²) in [6, 6.07) is 0. The zero-order chi connectivity index (χ0) is 10.9. The van der Waals surface area contributed by atoms with Crippen LogP contribution in [0.4, 0.5) is 0 Å². The van der Waals surface area contributed by atoms with Gasteiger partial charge in [0.15, 0.2) is 0 Å². The molecular weight excluding hydrogens is 206 g/mol. The topological polar surface area (TPSA) is 73.2 Å². The highest BCUT2D eigenvalue weighted by atomic mass is 32.2. The molecular formula is C7H13N3O3S. The number of aryl methyl sites for hydroxylation is 2. The Morgan fingerprint density at radius 2 is 2.00 bits per heavy atom. The predicted molar refractivity (Wildman–Crippen MR) is 50.0 cm³/mol. The standard InChI is InChI=1S/C7H13N3O3S/c1-5-7(6(2)10(3)8-5)14(11,12)9-13-4/h9H,1-4H3. The lowest BCUT2D eigenvalue weighted by Crippen LogP contribution is -2.23. The van der Waals surface area contributed by atoms with Gasteiger partial charge in [-0.25, -0.2) is 8.42 Å². The highest BCUT2D eigenvalue weighted by molar-refractivity contribution is 7.89. The van der Waals surface area contributed by atoms with Gasteiger partial charge in [0.2, 0.25) is 0 Å². The van der Waals surface area contributed by atoms with Crippen LogP contribution in [-0.2, 0) is 21.9 Å². The van der Waals surface area contributed by atoms with Crippen LogP contribution >= 0.6 is 0 Å². The summed E-state index contributed by atoms with van der Waals surface area (Å²) in [6.07, 6.45) is 0. The molecule has 0 aromatic carbocycles. The third-order valence-electron chi connectivity index (χ3n) is 1.90. The Labute approximate surface area is 82.9 Å². The van der Waals surface area contributed by atoms with Crippen LogP contribution in [0.25, 0.3) is 0 Å². The van der Waals surface area contributed by atoms with Gasteiger partial charge in [0.1, 0.15) is 4.90 Å². The number of hydrogen-bond donors (Lipinski definition) is 1. The largest absolute Gasteiger partial charge is 0.290 e. The maximum absolute atomic E-state index is 11.6. The molecule has 0 saturated carbocycles. The zero-order valence-corrected chi connectivity index (χ0v) is 9.34. The van der Waals surface area contributed by atoms with E-state index in [1.54, 1.807) is 20.9 Å². The van der Waals surface area contributed by atoms with Crippen LogP contribution < -0.4 is 4.89 Å². The number of nitrogens with zero attached hydrogens (tertiary/aromatic N) is 2. The Morgan fingerprint density at radius 3 is 2.36 bits per heavy atom. The van der Waals surface area contributed by atoms with E-state index in [-0.39, 0.29) is 4.90 Å². The normalized spacial score (nSPS) is 12.0. The van der Waals surface area contributed by atoms with E-state index >= 15 is 0 Å². The molecule has 0 aliphatic carbocycles. The van der Waals surface area contributed by atoms with Crippen LogP contribution in [-0.4, -0.2) is 25.3 Å². The Morgan fingerprint density at radius 1 is 1.43 bits per heavy atom. The first kappa shape index (κ1) is 11.2. The second kappa shape index (κ2) is 3.68. The van der Waals surface area contributed by atoms with Gasteiger partial charge < -0.3 is 0 Å². The molecule has 0 saturated heterocycles. The predicted octanol–water partition coefficient (Wildman–Crippen LogP) is -0.123. The lowest BCUT2D eigenvalue weighted by atomic mass is 10.4. The van der Waals surface area contributed by atoms with Gasteiger partial charge in [-0.05, 0) is 13.8 Å². The van der Waals surface area contributed by atoms with Crippen molar-refractivity contribution in [2.75, 3.05) is 7.11 Å². The highest BCUT2D eigenvalue weighted by Gasteiger charge is 2.23. The average molecular weight is 219 g/mol. The third kappa shape index (κ3) is 1.79. The van der Waals surface area contributed by atoms with Crippen LogP contribution in [0.2, 0.25) is 0 Å². The number of aromatic nitrogens is 2. The first-order valence-corrected chi connectivity index (χ1v) is 5.43. The van der Waals surface area contributed by atoms with E-state index in [9.17, 15) is 8.42 Å². The summed E-state index contributed by atoms with van der Waals surface area (Å²) in [5, 5.41) is 4.00. The van der Waals surface area contributed by atoms with Gasteiger partial charge in [-0.3, -0.25) is 9.52 Å². The Hall–Kier alpha value is -0.920. The van der Waals surface area contributed by atoms with E-state index in [0.29, 0.717) is 11.4 Å². The van der Waals surface area contributed by atoms with Crippen LogP contribution in [0.1, 0.15) is 11.4 Å². The molecule has 14 heavy (non-hydrogen) atoms. The molecule has 0 radical (unpaired) electrons. The van der Waals surface area contributed by atoms with Crippen molar-refractivity contribution in [3.63, 3.8) is 0 Å². The fraction of sp³-hybridized carbons (Fsp3) is 0.571. The molecule has 80 valence electrons. The monoisotopic (exact) mass is 219 g/mol. The Balaban J connectivity index is 3.32. The summed E-state index contributed by atoms with van der Waals surface area (Å²) < 4.78 is 24.7. The lowest BCUT2D eigenvalue weighted by molar-refractivity contribution is 0.153. The molecule has 0 bridgehead atoms. The minimum Gasteiger partial charge on any atom is -0.290 e. The van der Waals surface area contributed by atoms with Crippen molar-refractivity contribution in [3.8, 4) is 0 Å². The Kier molecular flexibility index (Phi) is 2.93. The third-order valence-corrected chi connectivity index (χ3v) is 3.42. The molecule has 1 rings (SSSR count). The molecule has 7 heteroatoms. The smallest absolute Gasteiger partial charge is 0.266 e. The molecule has 6 nitrogen and oxygen atoms in total. The van der Waals surface area contributed by atoms with Gasteiger partial charge in [0, 0.05) is 7.05 Å². The van der Waals surface area contributed by atoms with Crippen LogP contribution in [0.3, 0.4) is 0 Å². The molecule has 0 amide bonds. The quantitative estimate of drug-likeness (QED) is 0.719. The molecule has 1 aromatic rings. The van der Waals surface area contributed by atoms with E-state index < -0.39 is 10.0 Å². The molecule has 0 atom stereocenters. The number of hydrogen-bond acceptors (Lipinski definition) is 4. The van der Waals surface area contributed by atoms with E-state index in [2.05, 4.69) is 9.94 Å². The summed E-state index contributed by atoms with van der Waals surface area (Å²) in [7, 11) is -0.669. The van der Waals surface area contributed by atoms with E-state index in [1.165, 1.54) is 11.8 Å². The number of rotatable bonds is 3. The second-order valence-corrected chi connectivity index (χ2v) is 4.50. The second-order valence-electron chi connectivity index (χ2n) is 2.91. The SMILES string of the molecule is CONS(=O)(=O)c1c(C)nn(C)c1C. The Bertz CT molecular complexity index is 435. The summed E-state index contributed by atoms with van der Waals surface area (Å²) >= 11 is 0. The van der Waals surface area contributed by atoms with E-state index in [1.807, 2.05) is 4.89 Å². The zero-order valence-electron chi connectivity index (χ0n) is 8.53. The minimum atomic E-state index is -3.61. The first-order valence-electron chi connectivity index (χ1n) is 3.95. The first-order chi connectivity index (χ1) is 6.40. The summed E-state index contributed by atoms with van der Waals surface area (Å²) in [6.45, 7) is 3.32. The van der Waals surface area contributed by atoms with E-state index in [4.69, 9.17) is 0 Å². The highest BCUT2D eigenvalue weighted by Crippen LogP contribution is 2.17. The molecule has 0 spiro atoms. The molecule has 1 N–H and O–H groups in total. The van der Waals surface area contributed by atoms with Gasteiger partial charge in [0.05, 0.1) is 18.5 Å². The van der Waals surface area contributed by atoms with Crippen molar-refractivity contribution in [2.24, 2.45) is 7.05 Å². The van der Waals surface area contributed by atoms with Crippen LogP contribution in [0, 0.1) is 13.8 Å². The molecule has 0 unspecified atom stereocenters. The van der Waals surface area contributed by atoms with Crippen molar-refractivity contribution < 1.29 is 13.3 Å². The summed E-state index contributed by atoms with van der Waals surface area (Å²) in [4.78, 5) is 6.53. The van der Waals surface area contributed by atoms with Crippen molar-refractivity contribution in [3.05, 3.63) is 11.4 Å². The van der Waals surface area contributed by atoms with Crippen molar-refractivity contribution in [2.45, 2.75) is 18.7 Å². The lowest BCUT2D eigenvalue weighted by Gasteiger charge is -2.03. The van der Waals surface area contributed by atoms with Crippen LogP contribution in [0.15, 0.2) is 4.90 Å². The van der Waals surface area contributed by atoms with Gasteiger partial charge in [-0.1, -0.05) is 4.89 Å². The van der Waals surface area contributed by atoms with Crippen LogP contribution in [0.5, 0.6) is 0 Å². The van der Waals surface area contributed by atoms with Gasteiger partial charge in [-0.15, -0.1) is 0 Å². The summed E-state index contributed by atoms with van der Waals surface area (Å²) in [5.41, 5.74) is 1.03. The minimum absolute atomic E-state index is 0.168. The summed E-state index contributed by atoms with van der Waals surface area (Å²) in [5.74, 6) is 0. The van der Waals surface area contributed by atoms with Gasteiger partial charge in [0.25, 0.3) is 10.0 Å². The van der Waals surface area contributed by atoms with E-state index in [0.717, 1.165) is 0 Å². The average Bonchev–Trinajstić information content (AvgIpc) is 2.26. The van der Waals surface area contributed by atoms with Gasteiger partial charge in [-0.2, -0.15) is 5.10 Å². The number of nitrogens with one attached hydrogen (secondary N) is 1.